The fraction of sp³-hybridized carbons (Fsp3) is 0. The first-order valence-corrected chi connectivity index (χ1v) is 11.9. The molecule has 0 saturated heterocycles. The molecule has 0 radical (unpaired) electrons. The average molecular weight is 463 g/mol. The Morgan fingerprint density at radius 2 is 1.31 bits per heavy atom. The van der Waals surface area contributed by atoms with E-state index < -0.39 is 0 Å². The average Bonchev–Trinajstić information content (AvgIpc) is 3.53. The molecule has 0 N–H and O–H groups in total. The number of hydrogen-bond acceptors (Lipinski definition) is 4. The van der Waals surface area contributed by atoms with E-state index in [9.17, 15) is 0 Å². The van der Waals surface area contributed by atoms with Crippen LogP contribution in [0.2, 0.25) is 0 Å². The van der Waals surface area contributed by atoms with Crippen LogP contribution in [-0.2, 0) is 0 Å². The van der Waals surface area contributed by atoms with Gasteiger partial charge < -0.3 is 4.42 Å². The van der Waals surface area contributed by atoms with Crippen molar-refractivity contribution >= 4 is 54.8 Å². The second-order valence-electron chi connectivity index (χ2n) is 8.94. The third-order valence-electron chi connectivity index (χ3n) is 6.91. The van der Waals surface area contributed by atoms with Gasteiger partial charge in [-0.2, -0.15) is 0 Å². The Labute approximate surface area is 205 Å². The van der Waals surface area contributed by atoms with E-state index in [0.717, 1.165) is 66.2 Å². The molecule has 168 valence electrons. The molecule has 8 rings (SSSR count). The van der Waals surface area contributed by atoms with Gasteiger partial charge in [-0.15, -0.1) is 10.2 Å². The first kappa shape index (κ1) is 19.3. The van der Waals surface area contributed by atoms with E-state index in [4.69, 9.17) is 9.40 Å². The van der Waals surface area contributed by atoms with Gasteiger partial charge in [0, 0.05) is 27.2 Å². The Kier molecular flexibility index (Phi) is 3.88. The number of aromatic nitrogens is 4. The van der Waals surface area contributed by atoms with Crippen molar-refractivity contribution < 1.29 is 4.42 Å². The molecule has 3 heterocycles. The summed E-state index contributed by atoms with van der Waals surface area (Å²) < 4.78 is 8.81. The van der Waals surface area contributed by atoms with Gasteiger partial charge in [0.1, 0.15) is 16.7 Å². The third kappa shape index (κ3) is 2.62. The van der Waals surface area contributed by atoms with Crippen molar-refractivity contribution in [3.05, 3.63) is 109 Å². The third-order valence-corrected chi connectivity index (χ3v) is 6.91. The van der Waals surface area contributed by atoms with Crippen molar-refractivity contribution in [1.82, 2.24) is 19.7 Å². The molecule has 36 heavy (non-hydrogen) atoms. The van der Waals surface area contributed by atoms with Crippen LogP contribution >= 0.6 is 0 Å². The van der Waals surface area contributed by atoms with Crippen molar-refractivity contribution in [1.29, 1.82) is 0 Å². The highest BCUT2D eigenvalue weighted by Gasteiger charge is 2.22. The molecule has 0 spiro atoms. The second-order valence-corrected chi connectivity index (χ2v) is 8.94. The topological polar surface area (TPSA) is 56.7 Å². The number of para-hydroxylation sites is 2. The Morgan fingerprint density at radius 3 is 2.22 bits per heavy atom. The molecule has 0 saturated carbocycles. The van der Waals surface area contributed by atoms with Gasteiger partial charge in [-0.05, 0) is 35.7 Å². The quantitative estimate of drug-likeness (QED) is 0.264. The summed E-state index contributed by atoms with van der Waals surface area (Å²) >= 11 is 0. The lowest BCUT2D eigenvalue weighted by Crippen LogP contribution is -1.98. The van der Waals surface area contributed by atoms with Crippen molar-refractivity contribution in [2.45, 2.75) is 0 Å². The maximum absolute atomic E-state index is 6.64. The van der Waals surface area contributed by atoms with E-state index in [-0.39, 0.29) is 0 Å². The van der Waals surface area contributed by atoms with Crippen LogP contribution in [0.3, 0.4) is 0 Å². The number of fused-ring (bicyclic) bond motifs is 8. The molecule has 0 bridgehead atoms. The maximum atomic E-state index is 6.64. The molecular weight excluding hydrogens is 444 g/mol. The van der Waals surface area contributed by atoms with E-state index in [1.54, 1.807) is 0 Å². The summed E-state index contributed by atoms with van der Waals surface area (Å²) in [6.07, 6.45) is 0. The van der Waals surface area contributed by atoms with Gasteiger partial charge >= 0.3 is 0 Å². The Bertz CT molecular complexity index is 2100. The number of imidazole rings is 1. The molecule has 5 aromatic carbocycles. The molecule has 3 aromatic heterocycles. The molecule has 0 aliphatic heterocycles. The number of nitrogens with zero attached hydrogens (tertiary/aromatic N) is 4. The van der Waals surface area contributed by atoms with Gasteiger partial charge in [0.15, 0.2) is 5.82 Å². The summed E-state index contributed by atoms with van der Waals surface area (Å²) in [5.41, 5.74) is 6.00. The van der Waals surface area contributed by atoms with Crippen LogP contribution in [0, 0.1) is 0 Å². The van der Waals surface area contributed by atoms with Crippen LogP contribution in [0.5, 0.6) is 0 Å². The molecule has 0 aliphatic rings. The van der Waals surface area contributed by atoms with Gasteiger partial charge in [-0.1, -0.05) is 78.9 Å². The Morgan fingerprint density at radius 1 is 0.556 bits per heavy atom. The monoisotopic (exact) mass is 462 g/mol. The minimum Gasteiger partial charge on any atom is -0.455 e. The van der Waals surface area contributed by atoms with Crippen LogP contribution < -0.4 is 0 Å². The van der Waals surface area contributed by atoms with Gasteiger partial charge in [0.05, 0.1) is 11.1 Å². The maximum Gasteiger partial charge on any atom is 0.201 e. The summed E-state index contributed by atoms with van der Waals surface area (Å²) in [4.78, 5) is 5.02. The molecule has 0 fully saturated rings. The van der Waals surface area contributed by atoms with E-state index in [1.165, 1.54) is 0 Å². The number of rotatable bonds is 2. The highest BCUT2D eigenvalue weighted by atomic mass is 16.3. The molecule has 0 atom stereocenters. The van der Waals surface area contributed by atoms with E-state index >= 15 is 0 Å². The first-order valence-electron chi connectivity index (χ1n) is 11.9. The van der Waals surface area contributed by atoms with Crippen LogP contribution in [0.25, 0.3) is 71.9 Å². The lowest BCUT2D eigenvalue weighted by atomic mass is 10.0. The molecule has 5 nitrogen and oxygen atoms in total. The van der Waals surface area contributed by atoms with Crippen LogP contribution in [0.1, 0.15) is 0 Å². The first-order chi connectivity index (χ1) is 17.9. The molecule has 0 amide bonds. The number of hydrogen-bond donors (Lipinski definition) is 0. The summed E-state index contributed by atoms with van der Waals surface area (Å²) in [6, 6.07) is 37.2. The molecule has 5 heteroatoms. The predicted molar refractivity (Wildman–Crippen MR) is 144 cm³/mol. The largest absolute Gasteiger partial charge is 0.455 e. The van der Waals surface area contributed by atoms with Crippen molar-refractivity contribution in [2.24, 2.45) is 0 Å². The van der Waals surface area contributed by atoms with Gasteiger partial charge in [-0.25, -0.2) is 4.98 Å². The summed E-state index contributed by atoms with van der Waals surface area (Å²) in [6.45, 7) is 0. The van der Waals surface area contributed by atoms with Crippen LogP contribution in [0.15, 0.2) is 114 Å². The lowest BCUT2D eigenvalue weighted by Gasteiger charge is -2.10. The summed E-state index contributed by atoms with van der Waals surface area (Å²) in [5.74, 6) is 0.774. The fourth-order valence-electron chi connectivity index (χ4n) is 5.29. The Hall–Kier alpha value is -5.03. The van der Waals surface area contributed by atoms with E-state index in [2.05, 4.69) is 87.6 Å². The molecule has 0 aliphatic carbocycles. The SMILES string of the molecule is c1ccc(-n2c(-c3cccc4c3oc3c5ccccc5ccc43)nc3nnc4ccccc4c32)cc1. The summed E-state index contributed by atoms with van der Waals surface area (Å²) in [7, 11) is 0. The highest BCUT2D eigenvalue weighted by molar-refractivity contribution is 6.17. The predicted octanol–water partition coefficient (Wildman–Crippen LogP) is 7.69. The zero-order chi connectivity index (χ0) is 23.6. The molecule has 8 aromatic rings. The normalized spacial score (nSPS) is 11.9. The summed E-state index contributed by atoms with van der Waals surface area (Å²) in [5, 5.41) is 14.4. The fourth-order valence-corrected chi connectivity index (χ4v) is 5.29. The smallest absolute Gasteiger partial charge is 0.201 e. The molecular formula is C31H18N4O. The molecule has 0 unspecified atom stereocenters. The van der Waals surface area contributed by atoms with Crippen molar-refractivity contribution in [2.75, 3.05) is 0 Å². The minimum atomic E-state index is 0.603. The van der Waals surface area contributed by atoms with Gasteiger partial charge in [-0.3, -0.25) is 4.57 Å². The van der Waals surface area contributed by atoms with Gasteiger partial charge in [0.2, 0.25) is 5.65 Å². The standard InChI is InChI=1S/C31H18N4O/c1-2-10-20(11-3-1)35-27-24-13-6-7-16-26(24)33-34-30(27)32-31(35)25-15-8-14-22-23-18-17-19-9-4-5-12-21(19)28(23)36-29(22)25/h1-18H. The van der Waals surface area contributed by atoms with Crippen molar-refractivity contribution in [3.63, 3.8) is 0 Å². The van der Waals surface area contributed by atoms with E-state index in [0.29, 0.717) is 5.65 Å². The number of furan rings is 1. The lowest BCUT2D eigenvalue weighted by molar-refractivity contribution is 0.673. The zero-order valence-electron chi connectivity index (χ0n) is 19.1. The van der Waals surface area contributed by atoms with Crippen molar-refractivity contribution in [3.8, 4) is 17.1 Å². The highest BCUT2D eigenvalue weighted by Crippen LogP contribution is 2.40. The zero-order valence-corrected chi connectivity index (χ0v) is 19.1. The van der Waals surface area contributed by atoms with Crippen LogP contribution in [0.4, 0.5) is 0 Å². The van der Waals surface area contributed by atoms with Crippen LogP contribution in [-0.4, -0.2) is 19.7 Å². The van der Waals surface area contributed by atoms with E-state index in [1.807, 2.05) is 36.4 Å². The Balaban J connectivity index is 1.53. The second kappa shape index (κ2) is 7.23. The number of benzene rings is 5. The minimum absolute atomic E-state index is 0.603. The van der Waals surface area contributed by atoms with Gasteiger partial charge in [0.25, 0.3) is 0 Å².